The second-order valence-corrected chi connectivity index (χ2v) is 4.61. The minimum absolute atomic E-state index is 0.367. The number of alkyl halides is 1. The van der Waals surface area contributed by atoms with Crippen LogP contribution in [-0.2, 0) is 4.79 Å². The van der Waals surface area contributed by atoms with Gasteiger partial charge in [-0.25, -0.2) is 0 Å². The number of hydrogen-bond acceptors (Lipinski definition) is 1. The Morgan fingerprint density at radius 3 is 2.67 bits per heavy atom. The van der Waals surface area contributed by atoms with Crippen LogP contribution >= 0.6 is 15.9 Å². The van der Waals surface area contributed by atoms with Crippen LogP contribution in [0.15, 0.2) is 0 Å². The van der Waals surface area contributed by atoms with Gasteiger partial charge in [-0.1, -0.05) is 15.9 Å². The number of carbonyl (C=O) groups is 1. The van der Waals surface area contributed by atoms with Crippen molar-refractivity contribution in [2.24, 2.45) is 11.8 Å². The maximum absolute atomic E-state index is 11.4. The van der Waals surface area contributed by atoms with Gasteiger partial charge in [0.2, 0.25) is 5.91 Å². The first-order valence-corrected chi connectivity index (χ1v) is 5.75. The molecule has 1 saturated heterocycles. The SMILES string of the molecule is O=C1CC(CBr)CN1CC1CC1. The molecule has 0 radical (unpaired) electrons. The van der Waals surface area contributed by atoms with Gasteiger partial charge in [0.25, 0.3) is 0 Å². The van der Waals surface area contributed by atoms with Gasteiger partial charge in [0.05, 0.1) is 0 Å². The zero-order valence-corrected chi connectivity index (χ0v) is 8.72. The molecule has 2 rings (SSSR count). The van der Waals surface area contributed by atoms with Gasteiger partial charge in [0.15, 0.2) is 0 Å². The summed E-state index contributed by atoms with van der Waals surface area (Å²) in [6, 6.07) is 0. The maximum atomic E-state index is 11.4. The Bertz CT molecular complexity index is 191. The highest BCUT2D eigenvalue weighted by Crippen LogP contribution is 2.32. The lowest BCUT2D eigenvalue weighted by atomic mass is 10.2. The molecule has 68 valence electrons. The first-order valence-electron chi connectivity index (χ1n) is 4.63. The van der Waals surface area contributed by atoms with Gasteiger partial charge in [-0.2, -0.15) is 0 Å². The fourth-order valence-electron chi connectivity index (χ4n) is 1.75. The van der Waals surface area contributed by atoms with Crippen molar-refractivity contribution in [2.75, 3.05) is 18.4 Å². The second kappa shape index (κ2) is 3.36. The maximum Gasteiger partial charge on any atom is 0.222 e. The minimum atomic E-state index is 0.367. The Hall–Kier alpha value is -0.0500. The molecule has 1 unspecified atom stereocenters. The number of rotatable bonds is 3. The largest absolute Gasteiger partial charge is 0.342 e. The summed E-state index contributed by atoms with van der Waals surface area (Å²) in [5.41, 5.74) is 0. The highest BCUT2D eigenvalue weighted by atomic mass is 79.9. The zero-order chi connectivity index (χ0) is 8.55. The van der Waals surface area contributed by atoms with Gasteiger partial charge < -0.3 is 4.90 Å². The van der Waals surface area contributed by atoms with Crippen molar-refractivity contribution in [3.8, 4) is 0 Å². The molecule has 0 bridgehead atoms. The van der Waals surface area contributed by atoms with Crippen LogP contribution in [0.25, 0.3) is 0 Å². The molecule has 1 heterocycles. The van der Waals surface area contributed by atoms with E-state index in [0.717, 1.165) is 30.8 Å². The van der Waals surface area contributed by atoms with Crippen molar-refractivity contribution in [3.63, 3.8) is 0 Å². The van der Waals surface area contributed by atoms with E-state index in [0.29, 0.717) is 11.8 Å². The smallest absolute Gasteiger partial charge is 0.222 e. The normalized spacial score (nSPS) is 29.9. The topological polar surface area (TPSA) is 20.3 Å². The molecule has 0 N–H and O–H groups in total. The summed E-state index contributed by atoms with van der Waals surface area (Å²) in [5, 5.41) is 0.972. The Kier molecular flexibility index (Phi) is 2.40. The number of amides is 1. The molecule has 1 aliphatic carbocycles. The molecule has 3 heteroatoms. The molecule has 0 spiro atoms. The molecule has 1 aliphatic heterocycles. The van der Waals surface area contributed by atoms with E-state index in [1.54, 1.807) is 0 Å². The van der Waals surface area contributed by atoms with Gasteiger partial charge >= 0.3 is 0 Å². The third-order valence-corrected chi connectivity index (χ3v) is 3.60. The summed E-state index contributed by atoms with van der Waals surface area (Å²) in [7, 11) is 0. The second-order valence-electron chi connectivity index (χ2n) is 3.97. The van der Waals surface area contributed by atoms with E-state index in [4.69, 9.17) is 0 Å². The Morgan fingerprint density at radius 2 is 2.17 bits per heavy atom. The first kappa shape index (κ1) is 8.54. The highest BCUT2D eigenvalue weighted by molar-refractivity contribution is 9.09. The van der Waals surface area contributed by atoms with E-state index in [-0.39, 0.29) is 0 Å². The fourth-order valence-corrected chi connectivity index (χ4v) is 2.18. The summed E-state index contributed by atoms with van der Waals surface area (Å²) in [6.07, 6.45) is 3.43. The lowest BCUT2D eigenvalue weighted by Crippen LogP contribution is -2.27. The summed E-state index contributed by atoms with van der Waals surface area (Å²) >= 11 is 3.43. The predicted octanol–water partition coefficient (Wildman–Crippen LogP) is 1.64. The van der Waals surface area contributed by atoms with Crippen molar-refractivity contribution >= 4 is 21.8 Å². The van der Waals surface area contributed by atoms with Gasteiger partial charge in [0, 0.05) is 24.8 Å². The number of nitrogens with zero attached hydrogens (tertiary/aromatic N) is 1. The summed E-state index contributed by atoms with van der Waals surface area (Å²) in [5.74, 6) is 1.77. The molecule has 1 saturated carbocycles. The van der Waals surface area contributed by atoms with Gasteiger partial charge in [0.1, 0.15) is 0 Å². The molecule has 0 aromatic heterocycles. The van der Waals surface area contributed by atoms with E-state index in [9.17, 15) is 4.79 Å². The third-order valence-electron chi connectivity index (χ3n) is 2.69. The van der Waals surface area contributed by atoms with Crippen LogP contribution in [-0.4, -0.2) is 29.2 Å². The standard InChI is InChI=1S/C9H14BrNO/c10-4-8-3-9(12)11(6-8)5-7-1-2-7/h7-8H,1-6H2. The number of halogens is 1. The Labute approximate surface area is 81.4 Å². The van der Waals surface area contributed by atoms with Crippen molar-refractivity contribution in [2.45, 2.75) is 19.3 Å². The first-order chi connectivity index (χ1) is 5.79. The molecule has 2 nitrogen and oxygen atoms in total. The highest BCUT2D eigenvalue weighted by Gasteiger charge is 2.33. The molecular formula is C9H14BrNO. The zero-order valence-electron chi connectivity index (χ0n) is 7.13. The lowest BCUT2D eigenvalue weighted by molar-refractivity contribution is -0.127. The monoisotopic (exact) mass is 231 g/mol. The Morgan fingerprint density at radius 1 is 1.42 bits per heavy atom. The van der Waals surface area contributed by atoms with Crippen molar-refractivity contribution < 1.29 is 4.79 Å². The fraction of sp³-hybridized carbons (Fsp3) is 0.889. The van der Waals surface area contributed by atoms with E-state index in [1.165, 1.54) is 12.8 Å². The molecule has 2 aliphatic rings. The van der Waals surface area contributed by atoms with E-state index in [1.807, 2.05) is 4.90 Å². The average Bonchev–Trinajstić information content (AvgIpc) is 2.78. The quantitative estimate of drug-likeness (QED) is 0.677. The van der Waals surface area contributed by atoms with Gasteiger partial charge in [-0.15, -0.1) is 0 Å². The van der Waals surface area contributed by atoms with Crippen LogP contribution < -0.4 is 0 Å². The van der Waals surface area contributed by atoms with E-state index in [2.05, 4.69) is 15.9 Å². The van der Waals surface area contributed by atoms with Crippen molar-refractivity contribution in [1.82, 2.24) is 4.90 Å². The number of likely N-dealkylation sites (tertiary alicyclic amines) is 1. The van der Waals surface area contributed by atoms with Crippen LogP contribution in [0.3, 0.4) is 0 Å². The van der Waals surface area contributed by atoms with Crippen molar-refractivity contribution in [1.29, 1.82) is 0 Å². The molecule has 1 amide bonds. The number of hydrogen-bond donors (Lipinski definition) is 0. The summed E-state index contributed by atoms with van der Waals surface area (Å²) in [4.78, 5) is 13.5. The third kappa shape index (κ3) is 1.82. The van der Waals surface area contributed by atoms with Crippen LogP contribution in [0.1, 0.15) is 19.3 Å². The van der Waals surface area contributed by atoms with Crippen LogP contribution in [0.5, 0.6) is 0 Å². The van der Waals surface area contributed by atoms with E-state index >= 15 is 0 Å². The van der Waals surface area contributed by atoms with Gasteiger partial charge in [-0.05, 0) is 24.7 Å². The minimum Gasteiger partial charge on any atom is -0.342 e. The van der Waals surface area contributed by atoms with E-state index < -0.39 is 0 Å². The predicted molar refractivity (Wildman–Crippen MR) is 51.2 cm³/mol. The molecule has 12 heavy (non-hydrogen) atoms. The lowest BCUT2D eigenvalue weighted by Gasteiger charge is -2.15. The van der Waals surface area contributed by atoms with Crippen LogP contribution in [0.4, 0.5) is 0 Å². The molecule has 2 fully saturated rings. The molecule has 0 aromatic rings. The van der Waals surface area contributed by atoms with Crippen LogP contribution in [0, 0.1) is 11.8 Å². The molecule has 0 aromatic carbocycles. The number of carbonyl (C=O) groups excluding carboxylic acids is 1. The van der Waals surface area contributed by atoms with Crippen LogP contribution in [0.2, 0.25) is 0 Å². The molecule has 1 atom stereocenters. The van der Waals surface area contributed by atoms with Crippen molar-refractivity contribution in [3.05, 3.63) is 0 Å². The van der Waals surface area contributed by atoms with Gasteiger partial charge in [-0.3, -0.25) is 4.79 Å². The molecular weight excluding hydrogens is 218 g/mol. The average molecular weight is 232 g/mol. The Balaban J connectivity index is 1.84. The summed E-state index contributed by atoms with van der Waals surface area (Å²) in [6.45, 7) is 2.02. The summed E-state index contributed by atoms with van der Waals surface area (Å²) < 4.78 is 0.